The van der Waals surface area contributed by atoms with Crippen molar-refractivity contribution in [2.24, 2.45) is 17.8 Å². The summed E-state index contributed by atoms with van der Waals surface area (Å²) >= 11 is 0. The fourth-order valence-electron chi connectivity index (χ4n) is 2.33. The predicted molar refractivity (Wildman–Crippen MR) is 38.2 cm³/mol. The molecule has 0 aliphatic heterocycles. The smallest absolute Gasteiger partial charge is 0.137 e. The fourth-order valence-corrected chi connectivity index (χ4v) is 2.33. The largest absolute Gasteiger partial charge is 0.299 e. The zero-order chi connectivity index (χ0) is 7.14. The first-order valence-corrected chi connectivity index (χ1v) is 3.82. The van der Waals surface area contributed by atoms with Gasteiger partial charge >= 0.3 is 0 Å². The van der Waals surface area contributed by atoms with Crippen molar-refractivity contribution in [1.82, 2.24) is 0 Å². The molecule has 2 fully saturated rings. The number of hydrogen-bond acceptors (Lipinski definition) is 1. The van der Waals surface area contributed by atoms with Crippen LogP contribution in [0, 0.1) is 30.1 Å². The van der Waals surface area contributed by atoms with Crippen LogP contribution in [-0.4, -0.2) is 5.78 Å². The normalized spacial score (nSPS) is 43.9. The van der Waals surface area contributed by atoms with E-state index in [1.807, 2.05) is 0 Å². The minimum absolute atomic E-state index is 0.245. The highest BCUT2D eigenvalue weighted by atomic mass is 16.1. The summed E-state index contributed by atoms with van der Waals surface area (Å²) in [5, 5.41) is 0. The van der Waals surface area contributed by atoms with Gasteiger partial charge in [0.1, 0.15) is 5.78 Å². The number of hydrogen-bond donors (Lipinski definition) is 0. The van der Waals surface area contributed by atoms with Crippen molar-refractivity contribution in [3.63, 3.8) is 0 Å². The minimum atomic E-state index is 0.245. The molecular formula is C9H10O. The van der Waals surface area contributed by atoms with Crippen LogP contribution in [0.1, 0.15) is 19.3 Å². The highest BCUT2D eigenvalue weighted by molar-refractivity contribution is 5.85. The molecule has 0 aromatic heterocycles. The van der Waals surface area contributed by atoms with Gasteiger partial charge < -0.3 is 0 Å². The average Bonchev–Trinajstić information content (AvgIpc) is 2.42. The first-order chi connectivity index (χ1) is 4.83. The Balaban J connectivity index is 2.28. The zero-order valence-electron chi connectivity index (χ0n) is 5.84. The standard InChI is InChI=1S/C9H10O/c1-2-7-6-3-4-8(7)9(10)5-6/h1,6-8H,3-5H2. The molecule has 2 rings (SSSR count). The van der Waals surface area contributed by atoms with Crippen LogP contribution in [0.3, 0.4) is 0 Å². The van der Waals surface area contributed by atoms with Crippen molar-refractivity contribution < 1.29 is 4.79 Å². The van der Waals surface area contributed by atoms with E-state index in [2.05, 4.69) is 5.92 Å². The van der Waals surface area contributed by atoms with Gasteiger partial charge in [0.05, 0.1) is 0 Å². The van der Waals surface area contributed by atoms with E-state index >= 15 is 0 Å². The van der Waals surface area contributed by atoms with Gasteiger partial charge in [0.2, 0.25) is 0 Å². The Hall–Kier alpha value is -0.770. The zero-order valence-corrected chi connectivity index (χ0v) is 5.84. The van der Waals surface area contributed by atoms with Crippen LogP contribution in [0.15, 0.2) is 0 Å². The second kappa shape index (κ2) is 1.85. The second-order valence-electron chi connectivity index (χ2n) is 3.31. The third kappa shape index (κ3) is 0.568. The van der Waals surface area contributed by atoms with Gasteiger partial charge in [0, 0.05) is 18.3 Å². The first kappa shape index (κ1) is 5.97. The third-order valence-electron chi connectivity index (χ3n) is 2.86. The van der Waals surface area contributed by atoms with E-state index in [1.54, 1.807) is 0 Å². The van der Waals surface area contributed by atoms with Crippen LogP contribution >= 0.6 is 0 Å². The lowest BCUT2D eigenvalue weighted by atomic mass is 9.99. The molecule has 0 spiro atoms. The molecule has 1 heteroatoms. The lowest BCUT2D eigenvalue weighted by Gasteiger charge is -2.04. The molecule has 0 aromatic carbocycles. The van der Waals surface area contributed by atoms with Crippen LogP contribution in [0.2, 0.25) is 0 Å². The number of carbonyl (C=O) groups excluding carboxylic acids is 1. The van der Waals surface area contributed by atoms with Gasteiger partial charge in [0.25, 0.3) is 0 Å². The summed E-state index contributed by atoms with van der Waals surface area (Å²) in [5.74, 6) is 4.24. The molecule has 1 nitrogen and oxygen atoms in total. The molecule has 0 saturated heterocycles. The minimum Gasteiger partial charge on any atom is -0.299 e. The van der Waals surface area contributed by atoms with Crippen molar-refractivity contribution in [3.05, 3.63) is 0 Å². The lowest BCUT2D eigenvalue weighted by molar-refractivity contribution is -0.121. The van der Waals surface area contributed by atoms with Gasteiger partial charge in [-0.3, -0.25) is 4.79 Å². The molecule has 52 valence electrons. The summed E-state index contributed by atoms with van der Waals surface area (Å²) in [6.07, 6.45) is 8.32. The molecule has 2 aliphatic carbocycles. The molecule has 3 atom stereocenters. The highest BCUT2D eigenvalue weighted by Gasteiger charge is 2.46. The summed E-state index contributed by atoms with van der Waals surface area (Å²) in [6.45, 7) is 0. The van der Waals surface area contributed by atoms with Crippen LogP contribution < -0.4 is 0 Å². The molecule has 2 saturated carbocycles. The van der Waals surface area contributed by atoms with E-state index in [0.717, 1.165) is 12.8 Å². The van der Waals surface area contributed by atoms with E-state index in [-0.39, 0.29) is 5.92 Å². The number of Topliss-reactive ketones (excluding diaryl/α,β-unsaturated/α-hetero) is 1. The van der Waals surface area contributed by atoms with E-state index in [4.69, 9.17) is 6.42 Å². The first-order valence-electron chi connectivity index (χ1n) is 3.82. The monoisotopic (exact) mass is 134 g/mol. The Morgan fingerprint density at radius 1 is 1.50 bits per heavy atom. The Morgan fingerprint density at radius 3 is 2.60 bits per heavy atom. The Labute approximate surface area is 60.8 Å². The quantitative estimate of drug-likeness (QED) is 0.455. The molecule has 2 aliphatic rings. The average molecular weight is 134 g/mol. The summed E-state index contributed by atoms with van der Waals surface area (Å²) < 4.78 is 0. The summed E-state index contributed by atoms with van der Waals surface area (Å²) in [5.41, 5.74) is 0. The molecule has 0 N–H and O–H groups in total. The number of fused-ring (bicyclic) bond motifs is 2. The molecule has 2 bridgehead atoms. The summed E-state index contributed by atoms with van der Waals surface area (Å²) in [7, 11) is 0. The molecule has 10 heavy (non-hydrogen) atoms. The molecule has 0 amide bonds. The van der Waals surface area contributed by atoms with Crippen LogP contribution in [0.5, 0.6) is 0 Å². The SMILES string of the molecule is C#CC1C2CCC1C(=O)C2. The van der Waals surface area contributed by atoms with Crippen molar-refractivity contribution in [1.29, 1.82) is 0 Å². The van der Waals surface area contributed by atoms with Crippen molar-refractivity contribution in [2.45, 2.75) is 19.3 Å². The summed E-state index contributed by atoms with van der Waals surface area (Å²) in [6, 6.07) is 0. The lowest BCUT2D eigenvalue weighted by Crippen LogP contribution is -2.09. The maximum atomic E-state index is 11.1. The topological polar surface area (TPSA) is 17.1 Å². The van der Waals surface area contributed by atoms with E-state index < -0.39 is 0 Å². The Morgan fingerprint density at radius 2 is 2.30 bits per heavy atom. The maximum absolute atomic E-state index is 11.1. The van der Waals surface area contributed by atoms with Gasteiger partial charge in [-0.05, 0) is 18.8 Å². The van der Waals surface area contributed by atoms with Crippen molar-refractivity contribution in [3.8, 4) is 12.3 Å². The van der Waals surface area contributed by atoms with Gasteiger partial charge in [-0.25, -0.2) is 0 Å². The van der Waals surface area contributed by atoms with Gasteiger partial charge in [-0.15, -0.1) is 12.3 Å². The number of carbonyl (C=O) groups is 1. The van der Waals surface area contributed by atoms with Crippen LogP contribution in [-0.2, 0) is 4.79 Å². The third-order valence-corrected chi connectivity index (χ3v) is 2.86. The van der Waals surface area contributed by atoms with E-state index in [1.165, 1.54) is 6.42 Å². The molecular weight excluding hydrogens is 124 g/mol. The van der Waals surface area contributed by atoms with Crippen molar-refractivity contribution >= 4 is 5.78 Å². The van der Waals surface area contributed by atoms with E-state index in [9.17, 15) is 4.79 Å². The maximum Gasteiger partial charge on any atom is 0.137 e. The van der Waals surface area contributed by atoms with E-state index in [0.29, 0.717) is 17.6 Å². The van der Waals surface area contributed by atoms with Gasteiger partial charge in [-0.2, -0.15) is 0 Å². The summed E-state index contributed by atoms with van der Waals surface area (Å²) in [4.78, 5) is 11.1. The highest BCUT2D eigenvalue weighted by Crippen LogP contribution is 2.46. The van der Waals surface area contributed by atoms with Gasteiger partial charge in [-0.1, -0.05) is 0 Å². The Kier molecular flexibility index (Phi) is 1.11. The van der Waals surface area contributed by atoms with Gasteiger partial charge in [0.15, 0.2) is 0 Å². The van der Waals surface area contributed by atoms with Crippen molar-refractivity contribution in [2.75, 3.05) is 0 Å². The van der Waals surface area contributed by atoms with Crippen LogP contribution in [0.4, 0.5) is 0 Å². The number of terminal acetylenes is 1. The second-order valence-corrected chi connectivity index (χ2v) is 3.31. The molecule has 0 aromatic rings. The molecule has 0 radical (unpaired) electrons. The molecule has 0 heterocycles. The predicted octanol–water partition coefficient (Wildman–Crippen LogP) is 1.23. The molecule has 3 unspecified atom stereocenters. The fraction of sp³-hybridized carbons (Fsp3) is 0.667. The van der Waals surface area contributed by atoms with Crippen LogP contribution in [0.25, 0.3) is 0 Å². The Bertz CT molecular complexity index is 211. The number of ketones is 1. The number of rotatable bonds is 0.